The molecule has 19 heavy (non-hydrogen) atoms. The standard InChI is InChI=1S/C16H24O3/c1-10(2)15(18)19-9-16-7-11(6-12(16)8-17)13-4-3-5-14(13)16/h11-14,17H,1,3-9H2,2H3. The Morgan fingerprint density at radius 3 is 2.95 bits per heavy atom. The lowest BCUT2D eigenvalue weighted by Gasteiger charge is -2.41. The van der Waals surface area contributed by atoms with E-state index >= 15 is 0 Å². The minimum Gasteiger partial charge on any atom is -0.462 e. The van der Waals surface area contributed by atoms with Crippen LogP contribution in [0.3, 0.4) is 0 Å². The molecule has 3 aliphatic rings. The van der Waals surface area contributed by atoms with Crippen molar-refractivity contribution in [3.8, 4) is 0 Å². The largest absolute Gasteiger partial charge is 0.462 e. The third-order valence-electron chi connectivity index (χ3n) is 6.00. The van der Waals surface area contributed by atoms with Gasteiger partial charge >= 0.3 is 5.97 Å². The molecule has 5 unspecified atom stereocenters. The van der Waals surface area contributed by atoms with Crippen LogP contribution in [0.5, 0.6) is 0 Å². The van der Waals surface area contributed by atoms with Crippen LogP contribution in [0.15, 0.2) is 12.2 Å². The summed E-state index contributed by atoms with van der Waals surface area (Å²) in [6, 6.07) is 0. The molecule has 5 atom stereocenters. The Bertz CT molecular complexity index is 403. The first-order chi connectivity index (χ1) is 9.08. The van der Waals surface area contributed by atoms with E-state index in [1.165, 1.54) is 19.3 Å². The van der Waals surface area contributed by atoms with Crippen LogP contribution in [-0.4, -0.2) is 24.3 Å². The summed E-state index contributed by atoms with van der Waals surface area (Å²) < 4.78 is 5.50. The molecule has 0 amide bonds. The van der Waals surface area contributed by atoms with E-state index in [1.54, 1.807) is 6.92 Å². The Balaban J connectivity index is 1.78. The van der Waals surface area contributed by atoms with Crippen molar-refractivity contribution in [1.29, 1.82) is 0 Å². The normalized spacial score (nSPS) is 43.3. The number of carbonyl (C=O) groups is 1. The molecule has 0 aromatic carbocycles. The molecule has 3 aliphatic carbocycles. The SMILES string of the molecule is C=C(C)C(=O)OCC12CC(CC1CO)C1CCCC12. The van der Waals surface area contributed by atoms with E-state index in [2.05, 4.69) is 6.58 Å². The quantitative estimate of drug-likeness (QED) is 0.627. The van der Waals surface area contributed by atoms with Crippen LogP contribution in [-0.2, 0) is 9.53 Å². The lowest BCUT2D eigenvalue weighted by atomic mass is 9.66. The van der Waals surface area contributed by atoms with Crippen molar-refractivity contribution in [3.63, 3.8) is 0 Å². The van der Waals surface area contributed by atoms with Crippen LogP contribution in [0, 0.1) is 29.1 Å². The summed E-state index contributed by atoms with van der Waals surface area (Å²) in [6.45, 7) is 6.06. The maximum Gasteiger partial charge on any atom is 0.333 e. The second kappa shape index (κ2) is 4.62. The Morgan fingerprint density at radius 2 is 2.26 bits per heavy atom. The molecule has 106 valence electrons. The second-order valence-corrected chi connectivity index (χ2v) is 6.87. The number of carbonyl (C=O) groups excluding carboxylic acids is 1. The molecule has 3 saturated carbocycles. The topological polar surface area (TPSA) is 46.5 Å². The van der Waals surface area contributed by atoms with Crippen LogP contribution >= 0.6 is 0 Å². The van der Waals surface area contributed by atoms with Crippen molar-refractivity contribution in [1.82, 2.24) is 0 Å². The van der Waals surface area contributed by atoms with Crippen molar-refractivity contribution < 1.29 is 14.6 Å². The summed E-state index contributed by atoms with van der Waals surface area (Å²) in [5, 5.41) is 9.69. The number of hydrogen-bond acceptors (Lipinski definition) is 3. The molecule has 0 aliphatic heterocycles. The van der Waals surface area contributed by atoms with Crippen molar-refractivity contribution >= 4 is 5.97 Å². The Morgan fingerprint density at radius 1 is 1.47 bits per heavy atom. The fourth-order valence-corrected chi connectivity index (χ4v) is 5.25. The monoisotopic (exact) mass is 264 g/mol. The van der Waals surface area contributed by atoms with E-state index in [4.69, 9.17) is 4.74 Å². The highest BCUT2D eigenvalue weighted by atomic mass is 16.5. The molecular weight excluding hydrogens is 240 g/mol. The predicted octanol–water partition coefficient (Wildman–Crippen LogP) is 2.54. The minimum atomic E-state index is -0.282. The maximum atomic E-state index is 11.7. The molecule has 3 heteroatoms. The second-order valence-electron chi connectivity index (χ2n) is 6.87. The molecule has 0 saturated heterocycles. The third-order valence-corrected chi connectivity index (χ3v) is 6.00. The molecule has 2 bridgehead atoms. The maximum absolute atomic E-state index is 11.7. The first-order valence-electron chi connectivity index (χ1n) is 7.52. The average molecular weight is 264 g/mol. The fraction of sp³-hybridized carbons (Fsp3) is 0.812. The molecule has 3 rings (SSSR count). The summed E-state index contributed by atoms with van der Waals surface area (Å²) in [6.07, 6.45) is 6.17. The molecule has 0 aromatic heterocycles. The van der Waals surface area contributed by atoms with Gasteiger partial charge in [-0.25, -0.2) is 4.79 Å². The highest BCUT2D eigenvalue weighted by molar-refractivity contribution is 5.86. The lowest BCUT2D eigenvalue weighted by molar-refractivity contribution is -0.146. The van der Waals surface area contributed by atoms with Gasteiger partial charge in [-0.2, -0.15) is 0 Å². The molecule has 0 radical (unpaired) electrons. The van der Waals surface area contributed by atoms with Crippen molar-refractivity contribution in [3.05, 3.63) is 12.2 Å². The molecule has 0 spiro atoms. The number of hydrogen-bond donors (Lipinski definition) is 1. The highest BCUT2D eigenvalue weighted by Crippen LogP contribution is 2.67. The molecule has 1 N–H and O–H groups in total. The number of ether oxygens (including phenoxy) is 1. The van der Waals surface area contributed by atoms with E-state index in [0.717, 1.165) is 24.7 Å². The number of aliphatic hydroxyl groups is 1. The summed E-state index contributed by atoms with van der Waals surface area (Å²) in [5.74, 6) is 2.30. The number of rotatable bonds is 4. The van der Waals surface area contributed by atoms with Gasteiger partial charge in [0.2, 0.25) is 0 Å². The zero-order valence-corrected chi connectivity index (χ0v) is 11.7. The van der Waals surface area contributed by atoms with Gasteiger partial charge in [-0.3, -0.25) is 0 Å². The van der Waals surface area contributed by atoms with Crippen LogP contribution in [0.4, 0.5) is 0 Å². The van der Waals surface area contributed by atoms with Gasteiger partial charge in [0, 0.05) is 17.6 Å². The van der Waals surface area contributed by atoms with Crippen LogP contribution in [0.1, 0.15) is 39.0 Å². The molecule has 0 heterocycles. The number of fused-ring (bicyclic) bond motifs is 5. The van der Waals surface area contributed by atoms with E-state index < -0.39 is 0 Å². The molecular formula is C16H24O3. The van der Waals surface area contributed by atoms with Gasteiger partial charge in [0.25, 0.3) is 0 Å². The summed E-state index contributed by atoms with van der Waals surface area (Å²) >= 11 is 0. The van der Waals surface area contributed by atoms with Gasteiger partial charge in [0.15, 0.2) is 0 Å². The van der Waals surface area contributed by atoms with Gasteiger partial charge in [0.05, 0.1) is 6.61 Å². The van der Waals surface area contributed by atoms with Crippen molar-refractivity contribution in [2.45, 2.75) is 39.0 Å². The smallest absolute Gasteiger partial charge is 0.333 e. The first-order valence-corrected chi connectivity index (χ1v) is 7.52. The average Bonchev–Trinajstić information content (AvgIpc) is 3.05. The summed E-state index contributed by atoms with van der Waals surface area (Å²) in [7, 11) is 0. The minimum absolute atomic E-state index is 0.0612. The first kappa shape index (κ1) is 13.2. The van der Waals surface area contributed by atoms with Gasteiger partial charge < -0.3 is 9.84 Å². The zero-order valence-electron chi connectivity index (χ0n) is 11.7. The van der Waals surface area contributed by atoms with Crippen molar-refractivity contribution in [2.75, 3.05) is 13.2 Å². The Hall–Kier alpha value is -0.830. The van der Waals surface area contributed by atoms with E-state index in [1.807, 2.05) is 0 Å². The van der Waals surface area contributed by atoms with Gasteiger partial charge in [0.1, 0.15) is 0 Å². The molecule has 3 nitrogen and oxygen atoms in total. The van der Waals surface area contributed by atoms with E-state index in [-0.39, 0.29) is 18.0 Å². The van der Waals surface area contributed by atoms with Crippen LogP contribution in [0.2, 0.25) is 0 Å². The molecule has 3 fully saturated rings. The Kier molecular flexibility index (Phi) is 3.20. The van der Waals surface area contributed by atoms with Crippen molar-refractivity contribution in [2.24, 2.45) is 29.1 Å². The summed E-state index contributed by atoms with van der Waals surface area (Å²) in [4.78, 5) is 11.7. The van der Waals surface area contributed by atoms with Gasteiger partial charge in [-0.05, 0) is 56.3 Å². The van der Waals surface area contributed by atoms with E-state index in [0.29, 0.717) is 24.0 Å². The number of aliphatic hydroxyl groups excluding tert-OH is 1. The Labute approximate surface area is 115 Å². The zero-order chi connectivity index (χ0) is 13.6. The van der Waals surface area contributed by atoms with Crippen LogP contribution in [0.25, 0.3) is 0 Å². The van der Waals surface area contributed by atoms with Gasteiger partial charge in [-0.15, -0.1) is 0 Å². The van der Waals surface area contributed by atoms with E-state index in [9.17, 15) is 9.90 Å². The van der Waals surface area contributed by atoms with Gasteiger partial charge in [-0.1, -0.05) is 13.0 Å². The summed E-state index contributed by atoms with van der Waals surface area (Å²) in [5.41, 5.74) is 0.526. The number of esters is 1. The lowest BCUT2D eigenvalue weighted by Crippen LogP contribution is -2.41. The third kappa shape index (κ3) is 1.85. The predicted molar refractivity (Wildman–Crippen MR) is 72.3 cm³/mol. The van der Waals surface area contributed by atoms with Crippen LogP contribution < -0.4 is 0 Å². The molecule has 0 aromatic rings. The fourth-order valence-electron chi connectivity index (χ4n) is 5.25. The highest BCUT2D eigenvalue weighted by Gasteiger charge is 2.63.